The zero-order valence-corrected chi connectivity index (χ0v) is 14.5. The van der Waals surface area contributed by atoms with E-state index in [2.05, 4.69) is 10.6 Å². The molecule has 6 heteroatoms. The molecule has 0 aliphatic heterocycles. The van der Waals surface area contributed by atoms with Crippen LogP contribution in [0.5, 0.6) is 5.75 Å². The molecule has 2 rings (SSSR count). The van der Waals surface area contributed by atoms with Crippen molar-refractivity contribution in [3.05, 3.63) is 70.9 Å². The van der Waals surface area contributed by atoms with E-state index in [0.29, 0.717) is 17.3 Å². The lowest BCUT2D eigenvalue weighted by Crippen LogP contribution is -2.18. The zero-order valence-electron chi connectivity index (χ0n) is 13.8. The van der Waals surface area contributed by atoms with Gasteiger partial charge in [-0.3, -0.25) is 4.79 Å². The van der Waals surface area contributed by atoms with Crippen molar-refractivity contribution < 1.29 is 9.53 Å². The number of rotatable bonds is 7. The summed E-state index contributed by atoms with van der Waals surface area (Å²) in [5, 5.41) is 15.3. The molecule has 0 fully saturated rings. The zero-order chi connectivity index (χ0) is 18.1. The molecule has 0 aromatic heterocycles. The maximum atomic E-state index is 12.1. The highest BCUT2D eigenvalue weighted by Gasteiger charge is 2.09. The molecule has 0 spiro atoms. The molecule has 128 valence electrons. The molecule has 1 amide bonds. The van der Waals surface area contributed by atoms with Gasteiger partial charge >= 0.3 is 0 Å². The van der Waals surface area contributed by atoms with Gasteiger partial charge in [0, 0.05) is 23.5 Å². The first-order chi connectivity index (χ1) is 12.1. The van der Waals surface area contributed by atoms with Crippen molar-refractivity contribution in [2.24, 2.45) is 0 Å². The third-order valence-corrected chi connectivity index (χ3v) is 3.65. The molecular formula is C19H18ClN3O2. The van der Waals surface area contributed by atoms with E-state index in [-0.39, 0.29) is 5.57 Å². The third kappa shape index (κ3) is 5.87. The van der Waals surface area contributed by atoms with Gasteiger partial charge in [-0.1, -0.05) is 29.8 Å². The minimum absolute atomic E-state index is 0.00490. The number of anilines is 1. The smallest absolute Gasteiger partial charge is 0.267 e. The molecule has 0 unspecified atom stereocenters. The second kappa shape index (κ2) is 9.36. The van der Waals surface area contributed by atoms with Gasteiger partial charge in [-0.25, -0.2) is 0 Å². The number of halogens is 1. The van der Waals surface area contributed by atoms with Gasteiger partial charge in [0.05, 0.1) is 7.11 Å². The van der Waals surface area contributed by atoms with Crippen LogP contribution in [0.1, 0.15) is 5.56 Å². The van der Waals surface area contributed by atoms with E-state index >= 15 is 0 Å². The molecular weight excluding hydrogens is 338 g/mol. The van der Waals surface area contributed by atoms with Crippen molar-refractivity contribution >= 4 is 23.2 Å². The average Bonchev–Trinajstić information content (AvgIpc) is 2.62. The predicted molar refractivity (Wildman–Crippen MR) is 98.5 cm³/mol. The van der Waals surface area contributed by atoms with Gasteiger partial charge in [0.25, 0.3) is 5.91 Å². The predicted octanol–water partition coefficient (Wildman–Crippen LogP) is 3.53. The Morgan fingerprint density at radius 3 is 2.68 bits per heavy atom. The number of carbonyl (C=O) groups is 1. The lowest BCUT2D eigenvalue weighted by atomic mass is 10.1. The Kier molecular flexibility index (Phi) is 6.87. The Morgan fingerprint density at radius 2 is 2.04 bits per heavy atom. The minimum atomic E-state index is -0.485. The Bertz CT molecular complexity index is 795. The molecule has 0 heterocycles. The van der Waals surface area contributed by atoms with Gasteiger partial charge < -0.3 is 15.4 Å². The molecule has 25 heavy (non-hydrogen) atoms. The summed E-state index contributed by atoms with van der Waals surface area (Å²) < 4.78 is 5.11. The molecule has 0 atom stereocenters. The summed E-state index contributed by atoms with van der Waals surface area (Å²) in [4.78, 5) is 12.1. The molecule has 2 N–H and O–H groups in total. The van der Waals surface area contributed by atoms with Gasteiger partial charge in [0.1, 0.15) is 17.4 Å². The van der Waals surface area contributed by atoms with E-state index in [1.165, 1.54) is 6.20 Å². The van der Waals surface area contributed by atoms with Crippen LogP contribution >= 0.6 is 11.6 Å². The summed E-state index contributed by atoms with van der Waals surface area (Å²) >= 11 is 5.87. The van der Waals surface area contributed by atoms with E-state index in [1.54, 1.807) is 31.4 Å². The van der Waals surface area contributed by atoms with Gasteiger partial charge in [-0.15, -0.1) is 0 Å². The number of benzene rings is 2. The number of nitriles is 1. The molecule has 2 aromatic carbocycles. The Balaban J connectivity index is 1.86. The van der Waals surface area contributed by atoms with Crippen molar-refractivity contribution in [3.8, 4) is 11.8 Å². The summed E-state index contributed by atoms with van der Waals surface area (Å²) in [5.41, 5.74) is 1.66. The number of amides is 1. The highest BCUT2D eigenvalue weighted by Crippen LogP contribution is 2.15. The SMILES string of the molecule is COc1ccc(CCN/C=C(/C#N)C(=O)Nc2cccc(Cl)c2)cc1. The molecule has 0 aliphatic carbocycles. The van der Waals surface area contributed by atoms with Crippen LogP contribution in [0.2, 0.25) is 5.02 Å². The van der Waals surface area contributed by atoms with Crippen molar-refractivity contribution in [2.45, 2.75) is 6.42 Å². The summed E-state index contributed by atoms with van der Waals surface area (Å²) in [6.45, 7) is 0.599. The van der Waals surface area contributed by atoms with Crippen LogP contribution in [-0.4, -0.2) is 19.6 Å². The van der Waals surface area contributed by atoms with Gasteiger partial charge in [-0.05, 0) is 42.3 Å². The van der Waals surface area contributed by atoms with E-state index in [1.807, 2.05) is 30.3 Å². The van der Waals surface area contributed by atoms with E-state index < -0.39 is 5.91 Å². The van der Waals surface area contributed by atoms with E-state index in [4.69, 9.17) is 21.6 Å². The first-order valence-electron chi connectivity index (χ1n) is 7.66. The van der Waals surface area contributed by atoms with Gasteiger partial charge in [-0.2, -0.15) is 5.26 Å². The lowest BCUT2D eigenvalue weighted by Gasteiger charge is -2.06. The first-order valence-corrected chi connectivity index (χ1v) is 8.03. The van der Waals surface area contributed by atoms with Crippen molar-refractivity contribution in [1.82, 2.24) is 5.32 Å². The fourth-order valence-electron chi connectivity index (χ4n) is 2.10. The Hall–Kier alpha value is -2.97. The minimum Gasteiger partial charge on any atom is -0.497 e. The first kappa shape index (κ1) is 18.4. The summed E-state index contributed by atoms with van der Waals surface area (Å²) in [7, 11) is 1.62. The summed E-state index contributed by atoms with van der Waals surface area (Å²) in [5.74, 6) is 0.322. The number of carbonyl (C=O) groups excluding carboxylic acids is 1. The normalized spacial score (nSPS) is 10.7. The molecule has 0 saturated carbocycles. The largest absolute Gasteiger partial charge is 0.497 e. The molecule has 2 aromatic rings. The molecule has 5 nitrogen and oxygen atoms in total. The summed E-state index contributed by atoms with van der Waals surface area (Å²) in [6.07, 6.45) is 2.18. The highest BCUT2D eigenvalue weighted by atomic mass is 35.5. The fraction of sp³-hybridized carbons (Fsp3) is 0.158. The number of nitrogens with one attached hydrogen (secondary N) is 2. The Morgan fingerprint density at radius 1 is 1.28 bits per heavy atom. The van der Waals surface area contributed by atoms with Crippen LogP contribution in [0, 0.1) is 11.3 Å². The second-order valence-electron chi connectivity index (χ2n) is 5.19. The topological polar surface area (TPSA) is 74.1 Å². The quantitative estimate of drug-likeness (QED) is 0.452. The van der Waals surface area contributed by atoms with Gasteiger partial charge in [0.15, 0.2) is 0 Å². The van der Waals surface area contributed by atoms with Crippen molar-refractivity contribution in [1.29, 1.82) is 5.26 Å². The number of ether oxygens (including phenoxy) is 1. The maximum absolute atomic E-state index is 12.1. The second-order valence-corrected chi connectivity index (χ2v) is 5.62. The maximum Gasteiger partial charge on any atom is 0.267 e. The molecule has 0 radical (unpaired) electrons. The van der Waals surface area contributed by atoms with E-state index in [0.717, 1.165) is 17.7 Å². The van der Waals surface area contributed by atoms with Crippen LogP contribution in [0.3, 0.4) is 0 Å². The van der Waals surface area contributed by atoms with Crippen LogP contribution in [0.4, 0.5) is 5.69 Å². The van der Waals surface area contributed by atoms with Crippen LogP contribution in [-0.2, 0) is 11.2 Å². The lowest BCUT2D eigenvalue weighted by molar-refractivity contribution is -0.112. The van der Waals surface area contributed by atoms with E-state index in [9.17, 15) is 4.79 Å². The number of nitrogens with zero attached hydrogens (tertiary/aromatic N) is 1. The van der Waals surface area contributed by atoms with Crippen LogP contribution in [0.25, 0.3) is 0 Å². The number of hydrogen-bond acceptors (Lipinski definition) is 4. The fourth-order valence-corrected chi connectivity index (χ4v) is 2.29. The van der Waals surface area contributed by atoms with Crippen LogP contribution < -0.4 is 15.4 Å². The average molecular weight is 356 g/mol. The molecule has 0 aliphatic rings. The third-order valence-electron chi connectivity index (χ3n) is 3.41. The Labute approximate surface area is 151 Å². The van der Waals surface area contributed by atoms with Crippen molar-refractivity contribution in [2.75, 3.05) is 19.0 Å². The highest BCUT2D eigenvalue weighted by molar-refractivity contribution is 6.31. The summed E-state index contributed by atoms with van der Waals surface area (Å²) in [6, 6.07) is 16.4. The standard InChI is InChI=1S/C19H18ClN3O2/c1-25-18-7-5-14(6-8-18)9-10-22-13-15(12-21)19(24)23-17-4-2-3-16(20)11-17/h2-8,11,13,22H,9-10H2,1H3,(H,23,24)/b15-13-. The molecule has 0 saturated heterocycles. The number of hydrogen-bond donors (Lipinski definition) is 2. The van der Waals surface area contributed by atoms with Gasteiger partial charge in [0.2, 0.25) is 0 Å². The number of methoxy groups -OCH3 is 1. The monoisotopic (exact) mass is 355 g/mol. The molecule has 0 bridgehead atoms. The van der Waals surface area contributed by atoms with Crippen LogP contribution in [0.15, 0.2) is 60.3 Å². The van der Waals surface area contributed by atoms with Crippen molar-refractivity contribution in [3.63, 3.8) is 0 Å².